The highest BCUT2D eigenvalue weighted by Gasteiger charge is 2.20. The number of H-pyrrole nitrogens is 1. The molecule has 28 heavy (non-hydrogen) atoms. The van der Waals surface area contributed by atoms with Crippen LogP contribution in [-0.4, -0.2) is 33.1 Å². The van der Waals surface area contributed by atoms with Crippen molar-refractivity contribution in [2.24, 2.45) is 0 Å². The zero-order valence-corrected chi connectivity index (χ0v) is 15.8. The van der Waals surface area contributed by atoms with Gasteiger partial charge in [-0.1, -0.05) is 23.4 Å². The van der Waals surface area contributed by atoms with Crippen molar-refractivity contribution in [3.05, 3.63) is 70.9 Å². The molecule has 0 atom stereocenters. The van der Waals surface area contributed by atoms with Crippen LogP contribution in [0.25, 0.3) is 16.7 Å². The first kappa shape index (κ1) is 17.8. The number of carbonyl (C=O) groups excluding carboxylic acids is 2. The summed E-state index contributed by atoms with van der Waals surface area (Å²) in [6.07, 6.45) is 1.59. The number of ketones is 1. The van der Waals surface area contributed by atoms with E-state index in [1.807, 2.05) is 42.7 Å². The van der Waals surface area contributed by atoms with Gasteiger partial charge in [-0.05, 0) is 32.9 Å². The van der Waals surface area contributed by atoms with Crippen LogP contribution < -0.4 is 0 Å². The van der Waals surface area contributed by atoms with E-state index in [1.54, 1.807) is 25.3 Å². The molecule has 0 fully saturated rings. The summed E-state index contributed by atoms with van der Waals surface area (Å²) in [5.74, 6) is 0.491. The molecule has 0 radical (unpaired) electrons. The highest BCUT2D eigenvalue weighted by Crippen LogP contribution is 2.22. The fourth-order valence-corrected chi connectivity index (χ4v) is 3.38. The van der Waals surface area contributed by atoms with Gasteiger partial charge < -0.3 is 14.2 Å². The van der Waals surface area contributed by atoms with E-state index < -0.39 is 5.97 Å². The minimum atomic E-state index is -0.535. The van der Waals surface area contributed by atoms with Crippen LogP contribution >= 0.6 is 0 Å². The number of fused-ring (bicyclic) bond motifs is 1. The second-order valence-corrected chi connectivity index (χ2v) is 6.66. The molecule has 0 amide bonds. The lowest BCUT2D eigenvalue weighted by Crippen LogP contribution is -2.15. The number of nitrogens with zero attached hydrogens (tertiary/aromatic N) is 2. The van der Waals surface area contributed by atoms with Gasteiger partial charge in [0.25, 0.3) is 0 Å². The molecule has 0 aliphatic rings. The summed E-state index contributed by atoms with van der Waals surface area (Å²) in [5, 5.41) is 4.77. The number of aromatic nitrogens is 3. The van der Waals surface area contributed by atoms with Gasteiger partial charge in [0.15, 0.2) is 12.4 Å². The molecular formula is C21H19N3O4. The van der Waals surface area contributed by atoms with Crippen LogP contribution in [0.1, 0.15) is 37.9 Å². The van der Waals surface area contributed by atoms with Gasteiger partial charge in [0.1, 0.15) is 5.76 Å². The zero-order chi connectivity index (χ0) is 19.8. The Morgan fingerprint density at radius 1 is 1.14 bits per heavy atom. The first-order valence-electron chi connectivity index (χ1n) is 8.85. The van der Waals surface area contributed by atoms with E-state index in [4.69, 9.17) is 9.26 Å². The van der Waals surface area contributed by atoms with Gasteiger partial charge >= 0.3 is 5.97 Å². The van der Waals surface area contributed by atoms with E-state index in [0.29, 0.717) is 22.7 Å². The predicted molar refractivity (Wildman–Crippen MR) is 103 cm³/mol. The van der Waals surface area contributed by atoms with Gasteiger partial charge in [0.05, 0.1) is 5.56 Å². The molecule has 142 valence electrons. The molecule has 4 rings (SSSR count). The van der Waals surface area contributed by atoms with E-state index in [1.165, 1.54) is 0 Å². The summed E-state index contributed by atoms with van der Waals surface area (Å²) in [6, 6.07) is 11.0. The second-order valence-electron chi connectivity index (χ2n) is 6.66. The topological polar surface area (TPSA) is 90.1 Å². The van der Waals surface area contributed by atoms with Crippen molar-refractivity contribution < 1.29 is 18.8 Å². The Kier molecular flexibility index (Phi) is 4.35. The third-order valence-electron chi connectivity index (χ3n) is 4.72. The standard InChI is InChI=1S/C21H19N3O4/c1-12-8-16(14(3)24(12)20-9-13(2)28-23-20)19(25)11-27-21(26)17-10-22-18-7-5-4-6-15(17)18/h4-10,22H,11H2,1-3H3. The number of aryl methyl sites for hydroxylation is 2. The van der Waals surface area contributed by atoms with Gasteiger partial charge in [-0.25, -0.2) is 4.79 Å². The Labute approximate surface area is 160 Å². The average Bonchev–Trinajstić information content (AvgIpc) is 3.37. The molecule has 0 saturated carbocycles. The molecular weight excluding hydrogens is 358 g/mol. The number of nitrogens with one attached hydrogen (secondary N) is 1. The van der Waals surface area contributed by atoms with E-state index in [0.717, 1.165) is 22.3 Å². The molecule has 0 aliphatic carbocycles. The molecule has 0 bridgehead atoms. The van der Waals surface area contributed by atoms with Crippen molar-refractivity contribution >= 4 is 22.7 Å². The molecule has 1 aromatic carbocycles. The highest BCUT2D eigenvalue weighted by atomic mass is 16.5. The van der Waals surface area contributed by atoms with Gasteiger partial charge in [0.2, 0.25) is 5.78 Å². The number of esters is 1. The Morgan fingerprint density at radius 2 is 1.93 bits per heavy atom. The molecule has 0 aliphatic heterocycles. The number of aromatic amines is 1. The van der Waals surface area contributed by atoms with Crippen LogP contribution in [0.3, 0.4) is 0 Å². The normalized spacial score (nSPS) is 11.1. The molecule has 0 spiro atoms. The number of carbonyl (C=O) groups is 2. The van der Waals surface area contributed by atoms with Crippen molar-refractivity contribution in [3.63, 3.8) is 0 Å². The molecule has 7 nitrogen and oxygen atoms in total. The zero-order valence-electron chi connectivity index (χ0n) is 15.8. The Balaban J connectivity index is 1.52. The van der Waals surface area contributed by atoms with Crippen LogP contribution in [0.2, 0.25) is 0 Å². The Morgan fingerprint density at radius 3 is 2.68 bits per heavy atom. The molecule has 3 heterocycles. The van der Waals surface area contributed by atoms with E-state index in [9.17, 15) is 9.59 Å². The lowest BCUT2D eigenvalue weighted by molar-refractivity contribution is 0.0476. The predicted octanol–water partition coefficient (Wildman–Crippen LogP) is 3.91. The summed E-state index contributed by atoms with van der Waals surface area (Å²) in [5.41, 5.74) is 3.31. The maximum absolute atomic E-state index is 12.7. The average molecular weight is 377 g/mol. The smallest absolute Gasteiger partial charge is 0.340 e. The number of ether oxygens (including phenoxy) is 1. The summed E-state index contributed by atoms with van der Waals surface area (Å²) in [7, 11) is 0. The summed E-state index contributed by atoms with van der Waals surface area (Å²) >= 11 is 0. The van der Waals surface area contributed by atoms with Crippen molar-refractivity contribution in [2.75, 3.05) is 6.61 Å². The van der Waals surface area contributed by atoms with Gasteiger partial charge in [-0.2, -0.15) is 0 Å². The first-order chi connectivity index (χ1) is 13.5. The molecule has 7 heteroatoms. The summed E-state index contributed by atoms with van der Waals surface area (Å²) in [4.78, 5) is 28.1. The molecule has 4 aromatic rings. The quantitative estimate of drug-likeness (QED) is 0.421. The Hall–Kier alpha value is -3.61. The number of Topliss-reactive ketones (excluding diaryl/α,β-unsaturated/α-hetero) is 1. The van der Waals surface area contributed by atoms with Crippen LogP contribution in [0, 0.1) is 20.8 Å². The largest absolute Gasteiger partial charge is 0.454 e. The van der Waals surface area contributed by atoms with Crippen molar-refractivity contribution in [1.29, 1.82) is 0 Å². The van der Waals surface area contributed by atoms with Crippen molar-refractivity contribution in [3.8, 4) is 5.82 Å². The number of para-hydroxylation sites is 1. The summed E-state index contributed by atoms with van der Waals surface area (Å²) < 4.78 is 12.2. The van der Waals surface area contributed by atoms with Crippen LogP contribution in [-0.2, 0) is 4.74 Å². The fourth-order valence-electron chi connectivity index (χ4n) is 3.38. The maximum atomic E-state index is 12.7. The Bertz CT molecular complexity index is 1200. The van der Waals surface area contributed by atoms with Gasteiger partial charge in [0, 0.05) is 40.1 Å². The summed E-state index contributed by atoms with van der Waals surface area (Å²) in [6.45, 7) is 5.18. The molecule has 0 saturated heterocycles. The van der Waals surface area contributed by atoms with Crippen molar-refractivity contribution in [1.82, 2.24) is 14.7 Å². The lowest BCUT2D eigenvalue weighted by atomic mass is 10.1. The third-order valence-corrected chi connectivity index (χ3v) is 4.72. The maximum Gasteiger partial charge on any atom is 0.340 e. The molecule has 3 aromatic heterocycles. The number of hydrogen-bond acceptors (Lipinski definition) is 5. The second kappa shape index (κ2) is 6.84. The third kappa shape index (κ3) is 3.00. The monoisotopic (exact) mass is 377 g/mol. The minimum absolute atomic E-state index is 0.271. The van der Waals surface area contributed by atoms with E-state index >= 15 is 0 Å². The van der Waals surface area contributed by atoms with Gasteiger partial charge in [-0.15, -0.1) is 0 Å². The fraction of sp³-hybridized carbons (Fsp3) is 0.190. The molecule has 1 N–H and O–H groups in total. The van der Waals surface area contributed by atoms with Crippen molar-refractivity contribution in [2.45, 2.75) is 20.8 Å². The lowest BCUT2D eigenvalue weighted by Gasteiger charge is -2.06. The number of benzene rings is 1. The van der Waals surface area contributed by atoms with E-state index in [2.05, 4.69) is 10.1 Å². The van der Waals surface area contributed by atoms with Crippen LogP contribution in [0.4, 0.5) is 0 Å². The van der Waals surface area contributed by atoms with Gasteiger partial charge in [-0.3, -0.25) is 9.36 Å². The van der Waals surface area contributed by atoms with Crippen LogP contribution in [0.5, 0.6) is 0 Å². The van der Waals surface area contributed by atoms with E-state index in [-0.39, 0.29) is 12.4 Å². The van der Waals surface area contributed by atoms with Crippen LogP contribution in [0.15, 0.2) is 47.1 Å². The number of rotatable bonds is 5. The highest BCUT2D eigenvalue weighted by molar-refractivity contribution is 6.05. The molecule has 0 unspecified atom stereocenters. The first-order valence-corrected chi connectivity index (χ1v) is 8.85. The minimum Gasteiger partial charge on any atom is -0.454 e. The SMILES string of the molecule is Cc1cc(-n2c(C)cc(C(=O)COC(=O)c3c[nH]c4ccccc34)c2C)no1. The number of hydrogen-bond donors (Lipinski definition) is 1.